The molecule has 0 heterocycles. The maximum Gasteiger partial charge on any atom is 0.157 e. The Labute approximate surface area is 137 Å². The molecule has 0 aromatic heterocycles. The largest absolute Gasteiger partial charge is 0.504 e. The van der Waals surface area contributed by atoms with Crippen molar-refractivity contribution in [2.45, 2.75) is 13.5 Å². The predicted octanol–water partition coefficient (Wildman–Crippen LogP) is 4.61. The van der Waals surface area contributed by atoms with Gasteiger partial charge in [-0.1, -0.05) is 55.6 Å². The van der Waals surface area contributed by atoms with Gasteiger partial charge in [0.15, 0.2) is 11.5 Å². The van der Waals surface area contributed by atoms with E-state index in [1.54, 1.807) is 12.1 Å². The average molecular weight is 316 g/mol. The molecule has 23 heavy (non-hydrogen) atoms. The summed E-state index contributed by atoms with van der Waals surface area (Å²) in [6, 6.07) is 16.3. The molecule has 0 amide bonds. The third-order valence-corrected chi connectivity index (χ3v) is 2.39. The van der Waals surface area contributed by atoms with Gasteiger partial charge in [-0.15, -0.1) is 0 Å². The van der Waals surface area contributed by atoms with Gasteiger partial charge >= 0.3 is 0 Å². The number of para-hydroxylation sites is 2. The zero-order chi connectivity index (χ0) is 17.3. The summed E-state index contributed by atoms with van der Waals surface area (Å²) in [5, 5.41) is 17.3. The number of hydrogen-bond donors (Lipinski definition) is 2. The summed E-state index contributed by atoms with van der Waals surface area (Å²) >= 11 is 0. The van der Waals surface area contributed by atoms with Gasteiger partial charge in [0.25, 0.3) is 0 Å². The molecule has 0 aliphatic heterocycles. The van der Waals surface area contributed by atoms with Crippen LogP contribution in [-0.2, 0) is 16.1 Å². The van der Waals surface area contributed by atoms with Crippen LogP contribution in [0.15, 0.2) is 80.3 Å². The molecule has 0 saturated carbocycles. The topological polar surface area (TPSA) is 58.9 Å². The maximum absolute atomic E-state index is 8.67. The molecule has 0 spiro atoms. The first-order valence-corrected chi connectivity index (χ1v) is 7.11. The number of ether oxygens (including phenoxy) is 2. The van der Waals surface area contributed by atoms with E-state index in [2.05, 4.69) is 30.0 Å². The fraction of sp³-hybridized carbons (Fsp3) is 0.158. The van der Waals surface area contributed by atoms with E-state index < -0.39 is 0 Å². The number of phenols is 2. The zero-order valence-corrected chi connectivity index (χ0v) is 13.4. The molecule has 0 saturated heterocycles. The van der Waals surface area contributed by atoms with Crippen LogP contribution in [0.5, 0.6) is 11.5 Å². The lowest BCUT2D eigenvalue weighted by molar-refractivity contribution is 0.134. The van der Waals surface area contributed by atoms with Crippen LogP contribution in [0.2, 0.25) is 0 Å². The minimum absolute atomic E-state index is 0.0764. The van der Waals surface area contributed by atoms with E-state index in [1.807, 2.05) is 25.1 Å². The molecule has 4 nitrogen and oxygen atoms in total. The highest BCUT2D eigenvalue weighted by Gasteiger charge is 1.90. The van der Waals surface area contributed by atoms with Crippen LogP contribution < -0.4 is 0 Å². The highest BCUT2D eigenvalue weighted by molar-refractivity contribution is 5.36. The Bertz CT molecular complexity index is 511. The molecule has 0 unspecified atom stereocenters. The molecule has 0 aliphatic carbocycles. The van der Waals surface area contributed by atoms with Gasteiger partial charge in [-0.25, -0.2) is 0 Å². The van der Waals surface area contributed by atoms with Gasteiger partial charge in [0.05, 0.1) is 19.1 Å². The summed E-state index contributed by atoms with van der Waals surface area (Å²) in [6.07, 6.45) is 2.62. The number of rotatable bonds is 5. The molecule has 2 rings (SSSR count). The minimum Gasteiger partial charge on any atom is -0.504 e. The van der Waals surface area contributed by atoms with Crippen molar-refractivity contribution in [2.24, 2.45) is 0 Å². The fourth-order valence-corrected chi connectivity index (χ4v) is 1.33. The Morgan fingerprint density at radius 1 is 0.870 bits per heavy atom. The normalized spacial score (nSPS) is 8.57. The predicted molar refractivity (Wildman–Crippen MR) is 93.0 cm³/mol. The highest BCUT2D eigenvalue weighted by Crippen LogP contribution is 2.21. The second kappa shape index (κ2) is 14.2. The second-order valence-electron chi connectivity index (χ2n) is 4.08. The summed E-state index contributed by atoms with van der Waals surface area (Å²) in [5.41, 5.74) is 1.24. The van der Waals surface area contributed by atoms with Crippen LogP contribution in [0.25, 0.3) is 0 Å². The zero-order valence-electron chi connectivity index (χ0n) is 13.4. The minimum atomic E-state index is -0.0764. The Hall–Kier alpha value is -2.72. The number of benzene rings is 2. The Kier molecular flexibility index (Phi) is 12.5. The molecular weight excluding hydrogens is 292 g/mol. The van der Waals surface area contributed by atoms with Crippen molar-refractivity contribution in [3.05, 3.63) is 85.8 Å². The summed E-state index contributed by atoms with van der Waals surface area (Å²) in [7, 11) is 0. The average Bonchev–Trinajstić information content (AvgIpc) is 2.58. The van der Waals surface area contributed by atoms with E-state index >= 15 is 0 Å². The Morgan fingerprint density at radius 3 is 1.70 bits per heavy atom. The van der Waals surface area contributed by atoms with Crippen LogP contribution in [0.3, 0.4) is 0 Å². The monoisotopic (exact) mass is 316 g/mol. The lowest BCUT2D eigenvalue weighted by Gasteiger charge is -1.98. The molecule has 2 N–H and O–H groups in total. The number of hydrogen-bond acceptors (Lipinski definition) is 4. The van der Waals surface area contributed by atoms with Gasteiger partial charge in [-0.3, -0.25) is 0 Å². The van der Waals surface area contributed by atoms with Crippen molar-refractivity contribution in [1.29, 1.82) is 0 Å². The number of aromatic hydroxyl groups is 2. The Morgan fingerprint density at radius 2 is 1.35 bits per heavy atom. The van der Waals surface area contributed by atoms with Crippen molar-refractivity contribution >= 4 is 0 Å². The summed E-state index contributed by atoms with van der Waals surface area (Å²) in [4.78, 5) is 0. The van der Waals surface area contributed by atoms with Crippen molar-refractivity contribution < 1.29 is 19.7 Å². The number of phenolic OH excluding ortho intramolecular Hbond substituents is 2. The van der Waals surface area contributed by atoms with E-state index in [-0.39, 0.29) is 11.5 Å². The van der Waals surface area contributed by atoms with Gasteiger partial charge in [0.2, 0.25) is 0 Å². The van der Waals surface area contributed by atoms with Gasteiger partial charge in [-0.2, -0.15) is 0 Å². The maximum atomic E-state index is 8.67. The third kappa shape index (κ3) is 11.6. The van der Waals surface area contributed by atoms with Crippen LogP contribution in [0, 0.1) is 0 Å². The van der Waals surface area contributed by atoms with Crippen LogP contribution >= 0.6 is 0 Å². The second-order valence-corrected chi connectivity index (χ2v) is 4.08. The van der Waals surface area contributed by atoms with Crippen molar-refractivity contribution in [2.75, 3.05) is 6.61 Å². The van der Waals surface area contributed by atoms with Gasteiger partial charge in [0, 0.05) is 6.61 Å². The molecule has 4 heteroatoms. The SMILES string of the molecule is C=COC=C.CCOCc1ccccc1.Oc1ccccc1O. The van der Waals surface area contributed by atoms with E-state index in [1.165, 1.54) is 30.2 Å². The summed E-state index contributed by atoms with van der Waals surface area (Å²) < 4.78 is 9.58. The van der Waals surface area contributed by atoms with Crippen molar-refractivity contribution in [3.8, 4) is 11.5 Å². The van der Waals surface area contributed by atoms with Crippen LogP contribution in [-0.4, -0.2) is 16.8 Å². The van der Waals surface area contributed by atoms with Gasteiger partial charge < -0.3 is 19.7 Å². The molecule has 2 aromatic carbocycles. The lowest BCUT2D eigenvalue weighted by Crippen LogP contribution is -1.90. The fourth-order valence-electron chi connectivity index (χ4n) is 1.33. The first-order chi connectivity index (χ1) is 11.2. The lowest BCUT2D eigenvalue weighted by atomic mass is 10.2. The summed E-state index contributed by atoms with van der Waals surface area (Å²) in [6.45, 7) is 10.0. The van der Waals surface area contributed by atoms with Crippen molar-refractivity contribution in [3.63, 3.8) is 0 Å². The first-order valence-electron chi connectivity index (χ1n) is 7.11. The quantitative estimate of drug-likeness (QED) is 0.624. The highest BCUT2D eigenvalue weighted by atomic mass is 16.5. The van der Waals surface area contributed by atoms with Gasteiger partial charge in [0.1, 0.15) is 0 Å². The third-order valence-electron chi connectivity index (χ3n) is 2.39. The van der Waals surface area contributed by atoms with Crippen LogP contribution in [0.4, 0.5) is 0 Å². The van der Waals surface area contributed by atoms with Crippen LogP contribution in [0.1, 0.15) is 12.5 Å². The van der Waals surface area contributed by atoms with E-state index in [9.17, 15) is 0 Å². The molecule has 2 aromatic rings. The molecule has 124 valence electrons. The van der Waals surface area contributed by atoms with E-state index in [0.29, 0.717) is 0 Å². The molecule has 0 fully saturated rings. The standard InChI is InChI=1S/C9H12O.C6H6O2.C4H6O/c1-2-10-8-9-6-4-3-5-7-9;7-5-3-1-2-4-6(5)8;1-3-5-4-2/h3-7H,2,8H2,1H3;1-4,7-8H;3-4H,1-2H2. The van der Waals surface area contributed by atoms with E-state index in [0.717, 1.165) is 13.2 Å². The Balaban J connectivity index is 0.000000335. The van der Waals surface area contributed by atoms with E-state index in [4.69, 9.17) is 14.9 Å². The molecule has 0 atom stereocenters. The molecular formula is C19H24O4. The summed E-state index contributed by atoms with van der Waals surface area (Å²) in [5.74, 6) is -0.153. The van der Waals surface area contributed by atoms with Crippen molar-refractivity contribution in [1.82, 2.24) is 0 Å². The first kappa shape index (κ1) is 20.3. The molecule has 0 radical (unpaired) electrons. The molecule has 0 aliphatic rings. The molecule has 0 bridgehead atoms. The van der Waals surface area contributed by atoms with Gasteiger partial charge in [-0.05, 0) is 24.6 Å². The smallest absolute Gasteiger partial charge is 0.157 e.